The summed E-state index contributed by atoms with van der Waals surface area (Å²) in [6.07, 6.45) is 7.04. The summed E-state index contributed by atoms with van der Waals surface area (Å²) in [7, 11) is 0. The standard InChI is InChI=1S/C13H18N2O2/c1-9-4-6-11(3)15(14)12(7-5-9)8-10(2)13(16)17/h4,6,8H,2,5,7,14H2,1,3H3,(H,16,17)/b9-4+,11-6-,12-8-. The molecule has 1 aliphatic rings. The fourth-order valence-corrected chi connectivity index (χ4v) is 1.50. The number of carboxylic acid groups (broad SMARTS) is 1. The molecule has 4 heteroatoms. The molecule has 3 N–H and O–H groups in total. The van der Waals surface area contributed by atoms with Crippen molar-refractivity contribution >= 4 is 5.97 Å². The minimum Gasteiger partial charge on any atom is -0.478 e. The number of rotatable bonds is 2. The first-order valence-corrected chi connectivity index (χ1v) is 5.43. The molecule has 1 rings (SSSR count). The second-order valence-electron chi connectivity index (χ2n) is 4.16. The topological polar surface area (TPSA) is 66.6 Å². The molecule has 0 aromatic heterocycles. The van der Waals surface area contributed by atoms with Crippen molar-refractivity contribution in [3.8, 4) is 0 Å². The van der Waals surface area contributed by atoms with Gasteiger partial charge in [-0.3, -0.25) is 5.01 Å². The molecule has 0 aromatic rings. The number of nitrogens with two attached hydrogens (primary N) is 1. The van der Waals surface area contributed by atoms with Crippen molar-refractivity contribution in [3.05, 3.63) is 47.3 Å². The van der Waals surface area contributed by atoms with E-state index in [1.807, 2.05) is 26.0 Å². The second-order valence-corrected chi connectivity index (χ2v) is 4.16. The van der Waals surface area contributed by atoms with E-state index in [1.165, 1.54) is 16.7 Å². The first-order valence-electron chi connectivity index (χ1n) is 5.43. The summed E-state index contributed by atoms with van der Waals surface area (Å²) in [4.78, 5) is 10.7. The van der Waals surface area contributed by atoms with Gasteiger partial charge in [0.25, 0.3) is 0 Å². The summed E-state index contributed by atoms with van der Waals surface area (Å²) < 4.78 is 0. The number of carbonyl (C=O) groups is 1. The predicted octanol–water partition coefficient (Wildman–Crippen LogP) is 2.33. The first-order chi connectivity index (χ1) is 7.91. The smallest absolute Gasteiger partial charge is 0.335 e. The van der Waals surface area contributed by atoms with Gasteiger partial charge < -0.3 is 5.11 Å². The summed E-state index contributed by atoms with van der Waals surface area (Å²) >= 11 is 0. The van der Waals surface area contributed by atoms with Crippen LogP contribution in [0.1, 0.15) is 26.7 Å². The lowest BCUT2D eigenvalue weighted by molar-refractivity contribution is -0.132. The molecule has 0 radical (unpaired) electrons. The van der Waals surface area contributed by atoms with Crippen LogP contribution in [0.5, 0.6) is 0 Å². The Morgan fingerprint density at radius 3 is 2.71 bits per heavy atom. The van der Waals surface area contributed by atoms with E-state index in [1.54, 1.807) is 0 Å². The van der Waals surface area contributed by atoms with E-state index in [0.717, 1.165) is 17.8 Å². The molecule has 0 saturated carbocycles. The largest absolute Gasteiger partial charge is 0.478 e. The maximum absolute atomic E-state index is 10.7. The molecule has 17 heavy (non-hydrogen) atoms. The Labute approximate surface area is 101 Å². The summed E-state index contributed by atoms with van der Waals surface area (Å²) in [5.41, 5.74) is 2.92. The minimum absolute atomic E-state index is 0.0467. The van der Waals surface area contributed by atoms with Crippen molar-refractivity contribution in [3.63, 3.8) is 0 Å². The van der Waals surface area contributed by atoms with Gasteiger partial charge in [-0.1, -0.05) is 18.2 Å². The van der Waals surface area contributed by atoms with Gasteiger partial charge in [0.2, 0.25) is 0 Å². The van der Waals surface area contributed by atoms with E-state index in [9.17, 15) is 4.79 Å². The second kappa shape index (κ2) is 5.50. The number of aliphatic carboxylic acids is 1. The van der Waals surface area contributed by atoms with Crippen LogP contribution in [0, 0.1) is 0 Å². The molecule has 0 spiro atoms. The van der Waals surface area contributed by atoms with Crippen molar-refractivity contribution < 1.29 is 9.90 Å². The Kier molecular flexibility index (Phi) is 4.29. The van der Waals surface area contributed by atoms with Gasteiger partial charge in [-0.05, 0) is 38.8 Å². The average molecular weight is 234 g/mol. The molecule has 0 bridgehead atoms. The van der Waals surface area contributed by atoms with E-state index in [0.29, 0.717) is 6.42 Å². The number of hydrogen-bond donors (Lipinski definition) is 2. The molecule has 0 unspecified atom stereocenters. The molecule has 0 saturated heterocycles. The molecule has 0 aromatic carbocycles. The fourth-order valence-electron chi connectivity index (χ4n) is 1.50. The van der Waals surface area contributed by atoms with E-state index in [2.05, 4.69) is 6.58 Å². The number of hydrazine groups is 1. The van der Waals surface area contributed by atoms with Crippen LogP contribution in [0.4, 0.5) is 0 Å². The van der Waals surface area contributed by atoms with Crippen molar-refractivity contribution in [2.24, 2.45) is 5.84 Å². The van der Waals surface area contributed by atoms with Gasteiger partial charge >= 0.3 is 5.97 Å². The third-order valence-corrected chi connectivity index (χ3v) is 2.69. The van der Waals surface area contributed by atoms with Crippen LogP contribution >= 0.6 is 0 Å². The van der Waals surface area contributed by atoms with Crippen LogP contribution < -0.4 is 5.84 Å². The van der Waals surface area contributed by atoms with Crippen molar-refractivity contribution in [1.82, 2.24) is 5.01 Å². The Bertz CT molecular complexity index is 431. The highest BCUT2D eigenvalue weighted by atomic mass is 16.4. The maximum atomic E-state index is 10.7. The molecule has 0 amide bonds. The summed E-state index contributed by atoms with van der Waals surface area (Å²) in [6, 6.07) is 0. The highest BCUT2D eigenvalue weighted by molar-refractivity contribution is 5.89. The third kappa shape index (κ3) is 3.60. The maximum Gasteiger partial charge on any atom is 0.335 e. The van der Waals surface area contributed by atoms with Gasteiger partial charge in [0.1, 0.15) is 0 Å². The molecular formula is C13H18N2O2. The van der Waals surface area contributed by atoms with Gasteiger partial charge in [-0.15, -0.1) is 0 Å². The molecule has 0 fully saturated rings. The Hall–Kier alpha value is -1.81. The zero-order valence-corrected chi connectivity index (χ0v) is 10.2. The van der Waals surface area contributed by atoms with Crippen molar-refractivity contribution in [2.75, 3.05) is 0 Å². The van der Waals surface area contributed by atoms with Crippen LogP contribution in [0.3, 0.4) is 0 Å². The lowest BCUT2D eigenvalue weighted by Crippen LogP contribution is -2.29. The van der Waals surface area contributed by atoms with Gasteiger partial charge in [-0.2, -0.15) is 0 Å². The molecule has 1 heterocycles. The fraction of sp³-hybridized carbons (Fsp3) is 0.308. The molecule has 0 aliphatic carbocycles. The highest BCUT2D eigenvalue weighted by Gasteiger charge is 2.12. The number of hydrogen-bond acceptors (Lipinski definition) is 3. The van der Waals surface area contributed by atoms with Gasteiger partial charge in [0.05, 0.1) is 5.57 Å². The third-order valence-electron chi connectivity index (χ3n) is 2.69. The first kappa shape index (κ1) is 13.3. The van der Waals surface area contributed by atoms with Crippen LogP contribution in [0.25, 0.3) is 0 Å². The zero-order valence-electron chi connectivity index (χ0n) is 10.2. The Morgan fingerprint density at radius 1 is 1.47 bits per heavy atom. The van der Waals surface area contributed by atoms with Crippen LogP contribution in [0.15, 0.2) is 47.3 Å². The Balaban J connectivity index is 3.02. The quantitative estimate of drug-likeness (QED) is 0.568. The Morgan fingerprint density at radius 2 is 2.12 bits per heavy atom. The lowest BCUT2D eigenvalue weighted by Gasteiger charge is -2.24. The van der Waals surface area contributed by atoms with Crippen molar-refractivity contribution in [1.29, 1.82) is 0 Å². The van der Waals surface area contributed by atoms with E-state index >= 15 is 0 Å². The van der Waals surface area contributed by atoms with Gasteiger partial charge in [0.15, 0.2) is 0 Å². The predicted molar refractivity (Wildman–Crippen MR) is 67.6 cm³/mol. The zero-order chi connectivity index (χ0) is 13.0. The van der Waals surface area contributed by atoms with Crippen molar-refractivity contribution in [2.45, 2.75) is 26.7 Å². The van der Waals surface area contributed by atoms with E-state index in [-0.39, 0.29) is 5.57 Å². The summed E-state index contributed by atoms with van der Waals surface area (Å²) in [5.74, 6) is 4.89. The number of nitrogens with zero attached hydrogens (tertiary/aromatic N) is 1. The highest BCUT2D eigenvalue weighted by Crippen LogP contribution is 2.21. The normalized spacial score (nSPS) is 25.4. The number of allylic oxidation sites excluding steroid dienone is 5. The van der Waals surface area contributed by atoms with Crippen LogP contribution in [-0.2, 0) is 4.79 Å². The average Bonchev–Trinajstić information content (AvgIpc) is 2.28. The van der Waals surface area contributed by atoms with Gasteiger partial charge in [0, 0.05) is 11.4 Å². The monoisotopic (exact) mass is 234 g/mol. The van der Waals surface area contributed by atoms with E-state index in [4.69, 9.17) is 10.9 Å². The molecule has 92 valence electrons. The summed E-state index contributed by atoms with van der Waals surface area (Å²) in [5, 5.41) is 10.3. The van der Waals surface area contributed by atoms with Gasteiger partial charge in [-0.25, -0.2) is 10.6 Å². The number of carboxylic acids is 1. The van der Waals surface area contributed by atoms with Crippen LogP contribution in [-0.4, -0.2) is 16.1 Å². The molecule has 0 atom stereocenters. The SMILES string of the molecule is C=C(/C=C1/CC/C(C)=C/C=C(/C)N1N)C(=O)O. The minimum atomic E-state index is -1.03. The molecular weight excluding hydrogens is 216 g/mol. The molecule has 4 nitrogen and oxygen atoms in total. The lowest BCUT2D eigenvalue weighted by atomic mass is 10.1. The molecule has 1 aliphatic heterocycles. The van der Waals surface area contributed by atoms with E-state index < -0.39 is 5.97 Å². The van der Waals surface area contributed by atoms with Crippen LogP contribution in [0.2, 0.25) is 0 Å². The summed E-state index contributed by atoms with van der Waals surface area (Å²) in [6.45, 7) is 7.41.